The van der Waals surface area contributed by atoms with E-state index in [2.05, 4.69) is 5.16 Å². The van der Waals surface area contributed by atoms with Gasteiger partial charge >= 0.3 is 0 Å². The fourth-order valence-corrected chi connectivity index (χ4v) is 2.40. The van der Waals surface area contributed by atoms with Crippen LogP contribution in [0.2, 0.25) is 5.02 Å². The molecule has 6 heteroatoms. The number of hydrogen-bond donors (Lipinski definition) is 1. The number of aliphatic hydroxyl groups excluding tert-OH is 1. The molecule has 1 aliphatic heterocycles. The number of amides is 1. The summed E-state index contributed by atoms with van der Waals surface area (Å²) >= 11 is 5.88. The summed E-state index contributed by atoms with van der Waals surface area (Å²) in [5.41, 5.74) is 1.52. The fourth-order valence-electron chi connectivity index (χ4n) is 2.28. The van der Waals surface area contributed by atoms with Gasteiger partial charge < -0.3 is 14.5 Å². The summed E-state index contributed by atoms with van der Waals surface area (Å²) in [5, 5.41) is 14.4. The Hall–Kier alpha value is -1.85. The highest BCUT2D eigenvalue weighted by Crippen LogP contribution is 2.31. The first-order valence-electron chi connectivity index (χ1n) is 6.81. The minimum atomic E-state index is -0.890. The largest absolute Gasteiger partial charge is 0.385 e. The van der Waals surface area contributed by atoms with Crippen LogP contribution in [0.5, 0.6) is 0 Å². The van der Waals surface area contributed by atoms with E-state index in [0.29, 0.717) is 16.3 Å². The topological polar surface area (TPSA) is 66.6 Å². The summed E-state index contributed by atoms with van der Waals surface area (Å²) < 4.78 is 5.20. The maximum atomic E-state index is 12.6. The first-order chi connectivity index (χ1) is 10.1. The van der Waals surface area contributed by atoms with Gasteiger partial charge in [-0.2, -0.15) is 0 Å². The molecule has 1 amide bonds. The van der Waals surface area contributed by atoms with E-state index in [1.165, 1.54) is 0 Å². The van der Waals surface area contributed by atoms with Crippen LogP contribution in [0.4, 0.5) is 0 Å². The maximum absolute atomic E-state index is 12.6. The van der Waals surface area contributed by atoms with E-state index >= 15 is 0 Å². The molecule has 3 rings (SSSR count). The summed E-state index contributed by atoms with van der Waals surface area (Å²) in [6.07, 6.45) is 0.107. The molecule has 21 heavy (non-hydrogen) atoms. The Bertz CT molecular complexity index is 660. The van der Waals surface area contributed by atoms with Crippen LogP contribution < -0.4 is 0 Å². The van der Waals surface area contributed by atoms with Crippen LogP contribution >= 0.6 is 11.6 Å². The van der Waals surface area contributed by atoms with Crippen molar-refractivity contribution in [2.75, 3.05) is 13.1 Å². The third-order valence-corrected chi connectivity index (χ3v) is 3.82. The molecular weight excluding hydrogens is 292 g/mol. The van der Waals surface area contributed by atoms with Gasteiger partial charge in [-0.3, -0.25) is 4.79 Å². The molecule has 110 valence electrons. The van der Waals surface area contributed by atoms with Crippen LogP contribution in [0.3, 0.4) is 0 Å². The van der Waals surface area contributed by atoms with Crippen molar-refractivity contribution in [2.45, 2.75) is 19.4 Å². The molecule has 1 aliphatic rings. The molecule has 0 spiro atoms. The number of carbonyl (C=O) groups excluding carboxylic acids is 1. The lowest BCUT2D eigenvalue weighted by Gasteiger charge is -2.31. The molecule has 0 bridgehead atoms. The van der Waals surface area contributed by atoms with Crippen molar-refractivity contribution < 1.29 is 14.4 Å². The lowest BCUT2D eigenvalue weighted by molar-refractivity contribution is 0.0641. The summed E-state index contributed by atoms with van der Waals surface area (Å²) in [6, 6.07) is 7.01. The van der Waals surface area contributed by atoms with Crippen LogP contribution in [0.15, 0.2) is 28.8 Å². The maximum Gasteiger partial charge on any atom is 0.259 e. The minimum absolute atomic E-state index is 0.150. The predicted octanol–water partition coefficient (Wildman–Crippen LogP) is 2.89. The Morgan fingerprint density at radius 3 is 2.57 bits per heavy atom. The van der Waals surface area contributed by atoms with Gasteiger partial charge in [0.05, 0.1) is 0 Å². The Labute approximate surface area is 127 Å². The monoisotopic (exact) mass is 306 g/mol. The van der Waals surface area contributed by atoms with Crippen LogP contribution in [0.25, 0.3) is 11.3 Å². The number of benzene rings is 1. The number of rotatable bonds is 3. The number of aliphatic hydroxyl groups is 1. The number of halogens is 1. The van der Waals surface area contributed by atoms with Crippen LogP contribution in [0, 0.1) is 0 Å². The van der Waals surface area contributed by atoms with Gasteiger partial charge in [0, 0.05) is 23.7 Å². The molecule has 1 aromatic heterocycles. The standard InChI is InChI=1S/C15H15ClN2O3/c1-9(19)14-12(15(20)18-7-2-8-18)13(17-21-14)10-3-5-11(16)6-4-10/h3-6,9,19H,2,7-8H2,1H3/t9-/m0/s1. The number of likely N-dealkylation sites (tertiary alicyclic amines) is 1. The van der Waals surface area contributed by atoms with E-state index in [-0.39, 0.29) is 11.7 Å². The molecule has 5 nitrogen and oxygen atoms in total. The number of nitrogens with zero attached hydrogens (tertiary/aromatic N) is 2. The van der Waals surface area contributed by atoms with Gasteiger partial charge in [-0.25, -0.2) is 0 Å². The van der Waals surface area contributed by atoms with Gasteiger partial charge in [0.25, 0.3) is 5.91 Å². The van der Waals surface area contributed by atoms with Crippen LogP contribution in [-0.4, -0.2) is 34.2 Å². The summed E-state index contributed by atoms with van der Waals surface area (Å²) in [4.78, 5) is 14.3. The zero-order valence-electron chi connectivity index (χ0n) is 11.5. The SMILES string of the molecule is C[C@H](O)c1onc(-c2ccc(Cl)cc2)c1C(=O)N1CCC1. The van der Waals surface area contributed by atoms with Crippen LogP contribution in [0.1, 0.15) is 35.6 Å². The molecule has 0 unspecified atom stereocenters. The third kappa shape index (κ3) is 2.54. The van der Waals surface area contributed by atoms with Crippen molar-refractivity contribution >= 4 is 17.5 Å². The second-order valence-corrected chi connectivity index (χ2v) is 5.54. The smallest absolute Gasteiger partial charge is 0.259 e. The minimum Gasteiger partial charge on any atom is -0.385 e. The second kappa shape index (κ2) is 5.50. The molecule has 1 aromatic carbocycles. The second-order valence-electron chi connectivity index (χ2n) is 5.10. The van der Waals surface area contributed by atoms with Crippen LogP contribution in [-0.2, 0) is 0 Å². The van der Waals surface area contributed by atoms with Gasteiger partial charge in [-0.05, 0) is 25.5 Å². The Morgan fingerprint density at radius 1 is 1.38 bits per heavy atom. The predicted molar refractivity (Wildman–Crippen MR) is 78.1 cm³/mol. The molecular formula is C15H15ClN2O3. The highest BCUT2D eigenvalue weighted by Gasteiger charge is 2.31. The van der Waals surface area contributed by atoms with E-state index in [1.807, 2.05) is 0 Å². The number of hydrogen-bond acceptors (Lipinski definition) is 4. The quantitative estimate of drug-likeness (QED) is 0.947. The van der Waals surface area contributed by atoms with Gasteiger partial charge in [0.2, 0.25) is 0 Å². The average Bonchev–Trinajstić information content (AvgIpc) is 2.82. The number of carbonyl (C=O) groups is 1. The molecule has 2 heterocycles. The van der Waals surface area contributed by atoms with Crippen molar-refractivity contribution in [2.24, 2.45) is 0 Å². The van der Waals surface area contributed by atoms with Gasteiger partial charge in [-0.15, -0.1) is 0 Å². The summed E-state index contributed by atoms with van der Waals surface area (Å²) in [6.45, 7) is 3.01. The lowest BCUT2D eigenvalue weighted by atomic mass is 10.0. The van der Waals surface area contributed by atoms with Crippen molar-refractivity contribution in [3.8, 4) is 11.3 Å². The molecule has 1 fully saturated rings. The fraction of sp³-hybridized carbons (Fsp3) is 0.333. The highest BCUT2D eigenvalue weighted by atomic mass is 35.5. The van der Waals surface area contributed by atoms with E-state index in [0.717, 1.165) is 25.1 Å². The third-order valence-electron chi connectivity index (χ3n) is 3.57. The highest BCUT2D eigenvalue weighted by molar-refractivity contribution is 6.30. The molecule has 0 radical (unpaired) electrons. The normalized spacial score (nSPS) is 15.7. The first-order valence-corrected chi connectivity index (χ1v) is 7.18. The van der Waals surface area contributed by atoms with Crippen molar-refractivity contribution in [3.05, 3.63) is 40.6 Å². The first kappa shape index (κ1) is 14.1. The van der Waals surface area contributed by atoms with E-state index < -0.39 is 6.10 Å². The average molecular weight is 307 g/mol. The Balaban J connectivity index is 2.07. The Kier molecular flexibility index (Phi) is 3.69. The van der Waals surface area contributed by atoms with Gasteiger partial charge in [0.1, 0.15) is 17.4 Å². The molecule has 2 aromatic rings. The zero-order valence-corrected chi connectivity index (χ0v) is 12.3. The molecule has 1 saturated heterocycles. The molecule has 0 aliphatic carbocycles. The van der Waals surface area contributed by atoms with Crippen molar-refractivity contribution in [1.82, 2.24) is 10.1 Å². The summed E-state index contributed by atoms with van der Waals surface area (Å²) in [5.74, 6) is 0.0557. The van der Waals surface area contributed by atoms with Crippen molar-refractivity contribution in [3.63, 3.8) is 0 Å². The van der Waals surface area contributed by atoms with Gasteiger partial charge in [-0.1, -0.05) is 28.9 Å². The summed E-state index contributed by atoms with van der Waals surface area (Å²) in [7, 11) is 0. The zero-order chi connectivity index (χ0) is 15.0. The molecule has 1 N–H and O–H groups in total. The van der Waals surface area contributed by atoms with E-state index in [1.54, 1.807) is 36.1 Å². The molecule has 1 atom stereocenters. The number of aromatic nitrogens is 1. The Morgan fingerprint density at radius 2 is 2.05 bits per heavy atom. The van der Waals surface area contributed by atoms with E-state index in [9.17, 15) is 9.90 Å². The van der Waals surface area contributed by atoms with Crippen molar-refractivity contribution in [1.29, 1.82) is 0 Å². The molecule has 0 saturated carbocycles. The van der Waals surface area contributed by atoms with E-state index in [4.69, 9.17) is 16.1 Å². The van der Waals surface area contributed by atoms with Gasteiger partial charge in [0.15, 0.2) is 5.76 Å². The lowest BCUT2D eigenvalue weighted by Crippen LogP contribution is -2.42.